The van der Waals surface area contributed by atoms with Crippen molar-refractivity contribution in [3.8, 4) is 5.75 Å². The number of methoxy groups -OCH3 is 1. The van der Waals surface area contributed by atoms with Gasteiger partial charge in [0.05, 0.1) is 30.9 Å². The minimum Gasteiger partial charge on any atom is -0.497 e. The molecule has 7 nitrogen and oxygen atoms in total. The summed E-state index contributed by atoms with van der Waals surface area (Å²) < 4.78 is 6.55. The highest BCUT2D eigenvalue weighted by atomic mass is 16.5. The van der Waals surface area contributed by atoms with Crippen molar-refractivity contribution in [2.24, 2.45) is 0 Å². The Bertz CT molecular complexity index is 1040. The molecule has 0 fully saturated rings. The Morgan fingerprint density at radius 1 is 1.11 bits per heavy atom. The molecule has 1 aromatic heterocycles. The molecule has 2 aromatic carbocycles. The molecule has 144 valence electrons. The first-order valence-electron chi connectivity index (χ1n) is 8.96. The Kier molecular flexibility index (Phi) is 6.16. The number of hydrogen-bond donors (Lipinski definition) is 1. The summed E-state index contributed by atoms with van der Waals surface area (Å²) in [7, 11) is 1.55. The van der Waals surface area contributed by atoms with Crippen LogP contribution in [0.1, 0.15) is 23.2 Å². The van der Waals surface area contributed by atoms with Crippen molar-refractivity contribution in [2.75, 3.05) is 13.7 Å². The van der Waals surface area contributed by atoms with Gasteiger partial charge in [-0.1, -0.05) is 12.1 Å². The highest BCUT2D eigenvalue weighted by Gasteiger charge is 2.09. The molecule has 0 aliphatic rings. The number of carbonyl (C=O) groups excluding carboxylic acids is 2. The van der Waals surface area contributed by atoms with E-state index in [9.17, 15) is 14.4 Å². The molecule has 0 spiro atoms. The smallest absolute Gasteiger partial charge is 0.261 e. The number of fused-ring (bicyclic) bond motifs is 1. The molecule has 3 aromatic rings. The van der Waals surface area contributed by atoms with Crippen LogP contribution >= 0.6 is 0 Å². The number of aryl methyl sites for hydroxylation is 1. The van der Waals surface area contributed by atoms with Gasteiger partial charge in [0.1, 0.15) is 5.75 Å². The van der Waals surface area contributed by atoms with E-state index in [1.54, 1.807) is 49.6 Å². The highest BCUT2D eigenvalue weighted by molar-refractivity contribution is 5.99. The fourth-order valence-corrected chi connectivity index (χ4v) is 2.82. The highest BCUT2D eigenvalue weighted by Crippen LogP contribution is 2.11. The van der Waals surface area contributed by atoms with E-state index in [4.69, 9.17) is 4.74 Å². The van der Waals surface area contributed by atoms with Crippen LogP contribution < -0.4 is 15.6 Å². The van der Waals surface area contributed by atoms with Crippen LogP contribution in [0, 0.1) is 0 Å². The first-order valence-corrected chi connectivity index (χ1v) is 8.96. The Morgan fingerprint density at radius 3 is 2.61 bits per heavy atom. The summed E-state index contributed by atoms with van der Waals surface area (Å²) in [5.74, 6) is 0.258. The van der Waals surface area contributed by atoms with Gasteiger partial charge >= 0.3 is 0 Å². The molecule has 0 radical (unpaired) electrons. The number of nitrogens with one attached hydrogen (secondary N) is 1. The lowest BCUT2D eigenvalue weighted by Crippen LogP contribution is -2.30. The second-order valence-electron chi connectivity index (χ2n) is 6.29. The van der Waals surface area contributed by atoms with Crippen molar-refractivity contribution in [1.29, 1.82) is 0 Å². The zero-order valence-electron chi connectivity index (χ0n) is 15.6. The van der Waals surface area contributed by atoms with Crippen LogP contribution in [0.4, 0.5) is 0 Å². The minimum atomic E-state index is -0.233. The predicted octanol–water partition coefficient (Wildman–Crippen LogP) is 2.18. The maximum absolute atomic E-state index is 12.4. The maximum atomic E-state index is 12.4. The van der Waals surface area contributed by atoms with Gasteiger partial charge in [0.25, 0.3) is 5.56 Å². The SMILES string of the molecule is COc1ccc(C(=O)CNC(=O)CCCn2cnc3ccccc3c2=O)cc1. The second kappa shape index (κ2) is 8.94. The van der Waals surface area contributed by atoms with Gasteiger partial charge in [-0.15, -0.1) is 0 Å². The van der Waals surface area contributed by atoms with Gasteiger partial charge in [0, 0.05) is 18.5 Å². The van der Waals surface area contributed by atoms with Gasteiger partial charge in [-0.3, -0.25) is 19.0 Å². The van der Waals surface area contributed by atoms with E-state index in [1.807, 2.05) is 6.07 Å². The van der Waals surface area contributed by atoms with Gasteiger partial charge in [0.15, 0.2) is 5.78 Å². The standard InChI is InChI=1S/C21H21N3O4/c1-28-16-10-8-15(9-11-16)19(25)13-22-20(26)7-4-12-24-14-23-18-6-3-2-5-17(18)21(24)27/h2-3,5-6,8-11,14H,4,7,12-13H2,1H3,(H,22,26). The van der Waals surface area contributed by atoms with E-state index in [2.05, 4.69) is 10.3 Å². The van der Waals surface area contributed by atoms with Gasteiger partial charge < -0.3 is 10.1 Å². The average Bonchev–Trinajstić information content (AvgIpc) is 2.74. The Labute approximate surface area is 162 Å². The summed E-state index contributed by atoms with van der Waals surface area (Å²) >= 11 is 0. The maximum Gasteiger partial charge on any atom is 0.261 e. The molecule has 3 rings (SSSR count). The Balaban J connectivity index is 1.47. The van der Waals surface area contributed by atoms with E-state index < -0.39 is 0 Å². The molecular weight excluding hydrogens is 358 g/mol. The molecule has 0 saturated carbocycles. The molecular formula is C21H21N3O4. The lowest BCUT2D eigenvalue weighted by Gasteiger charge is -2.08. The van der Waals surface area contributed by atoms with Gasteiger partial charge in [-0.25, -0.2) is 4.98 Å². The summed E-state index contributed by atoms with van der Waals surface area (Å²) in [5, 5.41) is 3.17. The van der Waals surface area contributed by atoms with Crippen molar-refractivity contribution in [2.45, 2.75) is 19.4 Å². The fourth-order valence-electron chi connectivity index (χ4n) is 2.82. The van der Waals surface area contributed by atoms with Crippen molar-refractivity contribution in [3.63, 3.8) is 0 Å². The second-order valence-corrected chi connectivity index (χ2v) is 6.29. The molecule has 1 N–H and O–H groups in total. The lowest BCUT2D eigenvalue weighted by atomic mass is 10.1. The first-order chi connectivity index (χ1) is 13.6. The number of benzene rings is 2. The van der Waals surface area contributed by atoms with Crippen molar-refractivity contribution in [1.82, 2.24) is 14.9 Å². The molecule has 0 aliphatic carbocycles. The number of Topliss-reactive ketones (excluding diaryl/α,β-unsaturated/α-hetero) is 1. The van der Waals surface area contributed by atoms with Crippen LogP contribution in [-0.4, -0.2) is 34.9 Å². The van der Waals surface area contributed by atoms with E-state index in [1.165, 1.54) is 10.9 Å². The van der Waals surface area contributed by atoms with Crippen LogP contribution in [0.2, 0.25) is 0 Å². The third-order valence-electron chi connectivity index (χ3n) is 4.39. The van der Waals surface area contributed by atoms with E-state index in [0.717, 1.165) is 0 Å². The zero-order chi connectivity index (χ0) is 19.9. The fraction of sp³-hybridized carbons (Fsp3) is 0.238. The number of carbonyl (C=O) groups is 2. The van der Waals surface area contributed by atoms with Crippen LogP contribution in [0.5, 0.6) is 5.75 Å². The largest absolute Gasteiger partial charge is 0.497 e. The number of nitrogens with zero attached hydrogens (tertiary/aromatic N) is 2. The average molecular weight is 379 g/mol. The van der Waals surface area contributed by atoms with E-state index in [0.29, 0.717) is 35.2 Å². The first kappa shape index (κ1) is 19.3. The van der Waals surface area contributed by atoms with Crippen LogP contribution in [0.3, 0.4) is 0 Å². The van der Waals surface area contributed by atoms with Crippen LogP contribution in [0.25, 0.3) is 10.9 Å². The normalized spacial score (nSPS) is 10.6. The predicted molar refractivity (Wildman–Crippen MR) is 106 cm³/mol. The summed E-state index contributed by atoms with van der Waals surface area (Å²) in [6, 6.07) is 13.9. The number of hydrogen-bond acceptors (Lipinski definition) is 5. The van der Waals surface area contributed by atoms with Gasteiger partial charge in [-0.05, 0) is 42.8 Å². The number of para-hydroxylation sites is 1. The van der Waals surface area contributed by atoms with E-state index in [-0.39, 0.29) is 30.2 Å². The Hall–Kier alpha value is -3.48. The third kappa shape index (κ3) is 4.62. The van der Waals surface area contributed by atoms with E-state index >= 15 is 0 Å². The Morgan fingerprint density at radius 2 is 1.86 bits per heavy atom. The monoisotopic (exact) mass is 379 g/mol. The number of aromatic nitrogens is 2. The molecule has 0 unspecified atom stereocenters. The van der Waals surface area contributed by atoms with Crippen molar-refractivity contribution >= 4 is 22.6 Å². The van der Waals surface area contributed by atoms with Crippen LogP contribution in [-0.2, 0) is 11.3 Å². The van der Waals surface area contributed by atoms with Crippen LogP contribution in [0.15, 0.2) is 59.7 Å². The third-order valence-corrected chi connectivity index (χ3v) is 4.39. The van der Waals surface area contributed by atoms with Crippen molar-refractivity contribution < 1.29 is 14.3 Å². The topological polar surface area (TPSA) is 90.3 Å². The summed E-state index contributed by atoms with van der Waals surface area (Å²) in [6.45, 7) is 0.319. The molecule has 1 heterocycles. The summed E-state index contributed by atoms with van der Waals surface area (Å²) in [5.41, 5.74) is 1.04. The van der Waals surface area contributed by atoms with Crippen molar-refractivity contribution in [3.05, 3.63) is 70.8 Å². The molecule has 0 aliphatic heterocycles. The van der Waals surface area contributed by atoms with Gasteiger partial charge in [0.2, 0.25) is 5.91 Å². The molecule has 7 heteroatoms. The number of ether oxygens (including phenoxy) is 1. The summed E-state index contributed by atoms with van der Waals surface area (Å²) in [4.78, 5) is 40.7. The lowest BCUT2D eigenvalue weighted by molar-refractivity contribution is -0.121. The quantitative estimate of drug-likeness (QED) is 0.606. The molecule has 1 amide bonds. The minimum absolute atomic E-state index is 0.0668. The molecule has 0 bridgehead atoms. The molecule has 0 atom stereocenters. The summed E-state index contributed by atoms with van der Waals surface area (Å²) in [6.07, 6.45) is 2.19. The van der Waals surface area contributed by atoms with Gasteiger partial charge in [-0.2, -0.15) is 0 Å². The molecule has 0 saturated heterocycles. The number of rotatable bonds is 8. The number of amides is 1. The number of ketones is 1. The molecule has 28 heavy (non-hydrogen) atoms. The zero-order valence-corrected chi connectivity index (χ0v) is 15.6.